The van der Waals surface area contributed by atoms with Crippen molar-refractivity contribution in [1.29, 1.82) is 0 Å². The SMILES string of the molecule is COc1cccc(-c2cc(CNC(=O)CCc3n[nH]c4c3CCCC4)no2)c1. The average molecular weight is 380 g/mol. The molecular formula is C21H24N4O3. The van der Waals surface area contributed by atoms with Crippen molar-refractivity contribution < 1.29 is 14.1 Å². The second kappa shape index (κ2) is 8.29. The van der Waals surface area contributed by atoms with Crippen LogP contribution in [0.2, 0.25) is 0 Å². The molecule has 0 atom stereocenters. The molecule has 0 saturated carbocycles. The Labute approximate surface area is 163 Å². The molecule has 7 nitrogen and oxygen atoms in total. The maximum absolute atomic E-state index is 12.2. The molecular weight excluding hydrogens is 356 g/mol. The first-order valence-corrected chi connectivity index (χ1v) is 9.64. The number of amides is 1. The lowest BCUT2D eigenvalue weighted by Crippen LogP contribution is -2.23. The van der Waals surface area contributed by atoms with Crippen molar-refractivity contribution in [2.45, 2.75) is 45.1 Å². The molecule has 0 unspecified atom stereocenters. The molecule has 1 aliphatic carbocycles. The highest BCUT2D eigenvalue weighted by Crippen LogP contribution is 2.25. The molecule has 4 rings (SSSR count). The van der Waals surface area contributed by atoms with Crippen molar-refractivity contribution in [2.75, 3.05) is 7.11 Å². The normalized spacial score (nSPS) is 13.2. The molecule has 146 valence electrons. The van der Waals surface area contributed by atoms with Gasteiger partial charge in [-0.15, -0.1) is 0 Å². The van der Waals surface area contributed by atoms with Gasteiger partial charge in [0, 0.05) is 30.2 Å². The predicted molar refractivity (Wildman–Crippen MR) is 104 cm³/mol. The first kappa shape index (κ1) is 18.3. The number of hydrogen-bond acceptors (Lipinski definition) is 5. The van der Waals surface area contributed by atoms with E-state index >= 15 is 0 Å². The summed E-state index contributed by atoms with van der Waals surface area (Å²) in [6.07, 6.45) is 5.62. The quantitative estimate of drug-likeness (QED) is 0.657. The minimum atomic E-state index is -0.0153. The molecule has 0 bridgehead atoms. The van der Waals surface area contributed by atoms with Crippen LogP contribution in [0.5, 0.6) is 5.75 Å². The summed E-state index contributed by atoms with van der Waals surface area (Å²) < 4.78 is 10.6. The van der Waals surface area contributed by atoms with E-state index in [2.05, 4.69) is 20.7 Å². The predicted octanol–water partition coefficient (Wildman–Crippen LogP) is 3.20. The number of aromatic amines is 1. The zero-order valence-electron chi connectivity index (χ0n) is 16.0. The smallest absolute Gasteiger partial charge is 0.220 e. The Balaban J connectivity index is 1.29. The largest absolute Gasteiger partial charge is 0.497 e. The van der Waals surface area contributed by atoms with Gasteiger partial charge >= 0.3 is 0 Å². The van der Waals surface area contributed by atoms with Gasteiger partial charge in [-0.05, 0) is 43.4 Å². The molecule has 0 radical (unpaired) electrons. The molecule has 0 fully saturated rings. The highest BCUT2D eigenvalue weighted by Gasteiger charge is 2.17. The van der Waals surface area contributed by atoms with Gasteiger partial charge in [0.2, 0.25) is 5.91 Å². The highest BCUT2D eigenvalue weighted by atomic mass is 16.5. The monoisotopic (exact) mass is 380 g/mol. The molecule has 0 saturated heterocycles. The van der Waals surface area contributed by atoms with Crippen LogP contribution in [0.15, 0.2) is 34.9 Å². The second-order valence-corrected chi connectivity index (χ2v) is 7.03. The van der Waals surface area contributed by atoms with Crippen molar-refractivity contribution in [3.05, 3.63) is 53.0 Å². The first-order valence-electron chi connectivity index (χ1n) is 9.64. The number of fused-ring (bicyclic) bond motifs is 1. The minimum Gasteiger partial charge on any atom is -0.497 e. The standard InChI is InChI=1S/C21H24N4O3/c1-27-16-6-4-5-14(11-16)20-12-15(25-28-20)13-22-21(26)10-9-19-17-7-2-3-8-18(17)23-24-19/h4-6,11-12H,2-3,7-10,13H2,1H3,(H,22,26)(H,23,24). The van der Waals surface area contributed by atoms with Gasteiger partial charge in [-0.3, -0.25) is 9.89 Å². The molecule has 0 spiro atoms. The van der Waals surface area contributed by atoms with Crippen molar-refractivity contribution in [2.24, 2.45) is 0 Å². The fourth-order valence-corrected chi connectivity index (χ4v) is 3.57. The van der Waals surface area contributed by atoms with Crippen LogP contribution in [-0.2, 0) is 30.6 Å². The summed E-state index contributed by atoms with van der Waals surface area (Å²) in [5, 5.41) is 14.5. The van der Waals surface area contributed by atoms with E-state index in [0.29, 0.717) is 30.8 Å². The number of nitrogens with one attached hydrogen (secondary N) is 2. The van der Waals surface area contributed by atoms with Crippen molar-refractivity contribution in [3.8, 4) is 17.1 Å². The fraction of sp³-hybridized carbons (Fsp3) is 0.381. The van der Waals surface area contributed by atoms with Crippen LogP contribution in [0.1, 0.15) is 41.9 Å². The van der Waals surface area contributed by atoms with Gasteiger partial charge in [-0.2, -0.15) is 5.10 Å². The summed E-state index contributed by atoms with van der Waals surface area (Å²) in [6, 6.07) is 9.41. The van der Waals surface area contributed by atoms with Crippen LogP contribution in [0.4, 0.5) is 0 Å². The third-order valence-electron chi connectivity index (χ3n) is 5.11. The maximum atomic E-state index is 12.2. The molecule has 2 N–H and O–H groups in total. The number of benzene rings is 1. The molecule has 3 aromatic rings. The molecule has 1 amide bonds. The number of hydrogen-bond donors (Lipinski definition) is 2. The summed E-state index contributed by atoms with van der Waals surface area (Å²) in [7, 11) is 1.62. The zero-order valence-corrected chi connectivity index (χ0v) is 16.0. The molecule has 28 heavy (non-hydrogen) atoms. The van der Waals surface area contributed by atoms with Crippen LogP contribution >= 0.6 is 0 Å². The Morgan fingerprint density at radius 3 is 3.07 bits per heavy atom. The van der Waals surface area contributed by atoms with E-state index in [1.165, 1.54) is 24.1 Å². The van der Waals surface area contributed by atoms with E-state index in [-0.39, 0.29) is 5.91 Å². The number of nitrogens with zero attached hydrogens (tertiary/aromatic N) is 2. The number of ether oxygens (including phenoxy) is 1. The number of carbonyl (C=O) groups excluding carboxylic acids is 1. The Morgan fingerprint density at radius 2 is 2.18 bits per heavy atom. The number of aromatic nitrogens is 3. The van der Waals surface area contributed by atoms with Crippen LogP contribution in [0, 0.1) is 0 Å². The third kappa shape index (κ3) is 4.08. The Bertz CT molecular complexity index is 960. The third-order valence-corrected chi connectivity index (χ3v) is 5.11. The number of carbonyl (C=O) groups is 1. The number of H-pyrrole nitrogens is 1. The molecule has 2 aromatic heterocycles. The topological polar surface area (TPSA) is 93.0 Å². The number of methoxy groups -OCH3 is 1. The van der Waals surface area contributed by atoms with Crippen molar-refractivity contribution >= 4 is 5.91 Å². The molecule has 1 aromatic carbocycles. The molecule has 1 aliphatic rings. The Morgan fingerprint density at radius 1 is 1.29 bits per heavy atom. The summed E-state index contributed by atoms with van der Waals surface area (Å²) in [5.74, 6) is 1.38. The summed E-state index contributed by atoms with van der Waals surface area (Å²) >= 11 is 0. The van der Waals surface area contributed by atoms with Crippen molar-refractivity contribution in [3.63, 3.8) is 0 Å². The van der Waals surface area contributed by atoms with Gasteiger partial charge in [-0.25, -0.2) is 0 Å². The van der Waals surface area contributed by atoms with Crippen LogP contribution in [-0.4, -0.2) is 28.4 Å². The van der Waals surface area contributed by atoms with Gasteiger partial charge in [0.25, 0.3) is 0 Å². The maximum Gasteiger partial charge on any atom is 0.220 e. The van der Waals surface area contributed by atoms with Gasteiger partial charge in [-0.1, -0.05) is 17.3 Å². The lowest BCUT2D eigenvalue weighted by Gasteiger charge is -2.11. The van der Waals surface area contributed by atoms with Gasteiger partial charge in [0.15, 0.2) is 5.76 Å². The first-order chi connectivity index (χ1) is 13.7. The summed E-state index contributed by atoms with van der Waals surface area (Å²) in [5.41, 5.74) is 5.16. The average Bonchev–Trinajstić information content (AvgIpc) is 3.38. The molecule has 7 heteroatoms. The van der Waals surface area contributed by atoms with E-state index in [1.807, 2.05) is 30.3 Å². The lowest BCUT2D eigenvalue weighted by molar-refractivity contribution is -0.121. The fourth-order valence-electron chi connectivity index (χ4n) is 3.57. The van der Waals surface area contributed by atoms with E-state index in [4.69, 9.17) is 9.26 Å². The minimum absolute atomic E-state index is 0.0153. The van der Waals surface area contributed by atoms with E-state index in [9.17, 15) is 4.79 Å². The van der Waals surface area contributed by atoms with Crippen LogP contribution in [0.25, 0.3) is 11.3 Å². The van der Waals surface area contributed by atoms with Gasteiger partial charge < -0.3 is 14.6 Å². The van der Waals surface area contributed by atoms with E-state index in [0.717, 1.165) is 29.8 Å². The number of rotatable bonds is 7. The summed E-state index contributed by atoms with van der Waals surface area (Å²) in [6.45, 7) is 0.338. The second-order valence-electron chi connectivity index (χ2n) is 7.03. The lowest BCUT2D eigenvalue weighted by atomic mass is 9.94. The Hall–Kier alpha value is -3.09. The van der Waals surface area contributed by atoms with Crippen LogP contribution in [0.3, 0.4) is 0 Å². The van der Waals surface area contributed by atoms with E-state index < -0.39 is 0 Å². The highest BCUT2D eigenvalue weighted by molar-refractivity contribution is 5.76. The van der Waals surface area contributed by atoms with Crippen LogP contribution < -0.4 is 10.1 Å². The Kier molecular flexibility index (Phi) is 5.41. The van der Waals surface area contributed by atoms with E-state index in [1.54, 1.807) is 7.11 Å². The van der Waals surface area contributed by atoms with Crippen molar-refractivity contribution in [1.82, 2.24) is 20.7 Å². The zero-order chi connectivity index (χ0) is 19.3. The van der Waals surface area contributed by atoms with Gasteiger partial charge in [0.05, 0.1) is 19.3 Å². The number of aryl methyl sites for hydroxylation is 2. The van der Waals surface area contributed by atoms with Gasteiger partial charge in [0.1, 0.15) is 11.4 Å². The summed E-state index contributed by atoms with van der Waals surface area (Å²) in [4.78, 5) is 12.2. The molecule has 2 heterocycles. The molecule has 0 aliphatic heterocycles.